The highest BCUT2D eigenvalue weighted by atomic mass is 32.2. The van der Waals surface area contributed by atoms with Gasteiger partial charge in [-0.25, -0.2) is 4.39 Å². The molecule has 1 aliphatic carbocycles. The number of carboxylic acids is 1. The Balaban J connectivity index is 1.24. The number of nitrogens with two attached hydrogens (primary N) is 1. The number of nitrogens with zero attached hydrogens (tertiary/aromatic N) is 7. The van der Waals surface area contributed by atoms with Crippen LogP contribution in [-0.4, -0.2) is 83.5 Å². The predicted molar refractivity (Wildman–Crippen MR) is 161 cm³/mol. The summed E-state index contributed by atoms with van der Waals surface area (Å²) >= 11 is 3.24. The van der Waals surface area contributed by atoms with Crippen molar-refractivity contribution in [2.45, 2.75) is 67.3 Å². The molecule has 0 bridgehead atoms. The maximum absolute atomic E-state index is 14.4. The van der Waals surface area contributed by atoms with E-state index in [1.54, 1.807) is 23.7 Å². The second-order valence-electron chi connectivity index (χ2n) is 12.6. The van der Waals surface area contributed by atoms with Crippen LogP contribution < -0.4 is 20.3 Å². The molecular formula is C29H33FN8O3S2. The molecule has 1 saturated carbocycles. The van der Waals surface area contributed by atoms with Crippen molar-refractivity contribution < 1.29 is 19.0 Å². The normalized spacial score (nSPS) is 26.7. The number of carboxylic acid groups (broad SMARTS) is 1. The summed E-state index contributed by atoms with van der Waals surface area (Å²) in [5.74, 6) is 0.649. The number of hydrogen-bond donors (Lipinski definition) is 2. The molecule has 7 rings (SSSR count). The number of carbonyl (C=O) groups is 1. The van der Waals surface area contributed by atoms with Crippen LogP contribution in [0.25, 0.3) is 0 Å². The molecule has 0 amide bonds. The Morgan fingerprint density at radius 3 is 2.70 bits per heavy atom. The Labute approximate surface area is 257 Å². The number of fused-ring (bicyclic) bond motifs is 3. The number of rotatable bonds is 8. The quantitative estimate of drug-likeness (QED) is 0.442. The fourth-order valence-corrected chi connectivity index (χ4v) is 10.5. The lowest BCUT2D eigenvalue weighted by atomic mass is 9.88. The predicted octanol–water partition coefficient (Wildman–Crippen LogP) is 3.47. The maximum atomic E-state index is 14.4. The minimum Gasteiger partial charge on any atom is -0.481 e. The number of anilines is 3. The highest BCUT2D eigenvalue weighted by Gasteiger charge is 2.57. The first-order chi connectivity index (χ1) is 20.6. The number of aromatic nitrogens is 2. The lowest BCUT2D eigenvalue weighted by molar-refractivity contribution is -0.144. The van der Waals surface area contributed by atoms with Gasteiger partial charge in [0.15, 0.2) is 11.6 Å². The van der Waals surface area contributed by atoms with E-state index in [2.05, 4.69) is 22.0 Å². The zero-order valence-corrected chi connectivity index (χ0v) is 25.7. The summed E-state index contributed by atoms with van der Waals surface area (Å²) in [6.45, 7) is 4.37. The van der Waals surface area contributed by atoms with Crippen molar-refractivity contribution in [1.29, 1.82) is 10.5 Å². The Hall–Kier alpha value is -3.33. The second-order valence-corrected chi connectivity index (χ2v) is 15.1. The van der Waals surface area contributed by atoms with Gasteiger partial charge in [-0.15, -0.1) is 23.1 Å². The Bertz CT molecular complexity index is 1590. The van der Waals surface area contributed by atoms with Crippen LogP contribution in [0.1, 0.15) is 60.6 Å². The first-order valence-corrected chi connectivity index (χ1v) is 16.4. The molecule has 11 nitrogen and oxygen atoms in total. The van der Waals surface area contributed by atoms with E-state index in [0.29, 0.717) is 61.1 Å². The van der Waals surface area contributed by atoms with E-state index in [-0.39, 0.29) is 22.9 Å². The minimum absolute atomic E-state index is 0.0879. The number of alkyl halides is 1. The first-order valence-electron chi connectivity index (χ1n) is 14.6. The Morgan fingerprint density at radius 2 is 2.02 bits per heavy atom. The van der Waals surface area contributed by atoms with Crippen LogP contribution in [0, 0.1) is 28.1 Å². The standard InChI is InChI=1S/C29H33FN8O3S2/c1-16(28(5-6-28)25(39)40)36(2)23-19(10-32)24(35-26(34-23)41-15-27-4-3-7-38(27)11-17(30)8-27)37-13-29(14-37)21-18(9-31)22(33)43-20(21)12-42-29/h16-17H,3-8,11-15,33H2,1-2H3,(H,39,40)/t16?,17-,27+/m1/s1. The van der Waals surface area contributed by atoms with Crippen molar-refractivity contribution in [2.75, 3.05) is 55.4 Å². The zero-order chi connectivity index (χ0) is 30.3. The number of thioether (sulfide) groups is 1. The van der Waals surface area contributed by atoms with Gasteiger partial charge in [0, 0.05) is 55.3 Å². The van der Waals surface area contributed by atoms with E-state index in [1.807, 2.05) is 11.8 Å². The summed E-state index contributed by atoms with van der Waals surface area (Å²) in [6, 6.07) is 4.24. The van der Waals surface area contributed by atoms with Crippen LogP contribution in [0.5, 0.6) is 6.01 Å². The van der Waals surface area contributed by atoms with Crippen molar-refractivity contribution in [3.63, 3.8) is 0 Å². The van der Waals surface area contributed by atoms with Crippen LogP contribution >= 0.6 is 23.1 Å². The zero-order valence-electron chi connectivity index (χ0n) is 24.1. The molecule has 0 aromatic carbocycles. The summed E-state index contributed by atoms with van der Waals surface area (Å²) in [6.07, 6.45) is 2.43. The summed E-state index contributed by atoms with van der Waals surface area (Å²) < 4.78 is 20.4. The van der Waals surface area contributed by atoms with Gasteiger partial charge >= 0.3 is 12.0 Å². The van der Waals surface area contributed by atoms with Gasteiger partial charge in [-0.1, -0.05) is 0 Å². The molecule has 14 heteroatoms. The van der Waals surface area contributed by atoms with Crippen molar-refractivity contribution in [2.24, 2.45) is 5.41 Å². The summed E-state index contributed by atoms with van der Waals surface area (Å²) in [7, 11) is 1.76. The minimum atomic E-state index is -0.902. The molecule has 4 fully saturated rings. The Kier molecular flexibility index (Phi) is 6.51. The summed E-state index contributed by atoms with van der Waals surface area (Å²) in [5.41, 5.74) is 6.64. The molecule has 3 atom stereocenters. The maximum Gasteiger partial charge on any atom is 0.320 e. The average Bonchev–Trinajstić information content (AvgIpc) is 3.26. The molecule has 3 saturated heterocycles. The molecule has 6 heterocycles. The number of ether oxygens (including phenoxy) is 1. The van der Waals surface area contributed by atoms with Crippen molar-refractivity contribution in [3.05, 3.63) is 21.6 Å². The lowest BCUT2D eigenvalue weighted by Gasteiger charge is -2.49. The molecule has 1 spiro atoms. The molecule has 226 valence electrons. The van der Waals surface area contributed by atoms with Gasteiger partial charge in [0.05, 0.1) is 21.3 Å². The van der Waals surface area contributed by atoms with Gasteiger partial charge in [-0.3, -0.25) is 9.69 Å². The topological polar surface area (TPSA) is 156 Å². The van der Waals surface area contributed by atoms with Crippen molar-refractivity contribution >= 4 is 45.7 Å². The van der Waals surface area contributed by atoms with Crippen LogP contribution in [0.2, 0.25) is 0 Å². The van der Waals surface area contributed by atoms with Gasteiger partial charge in [-0.05, 0) is 39.2 Å². The smallest absolute Gasteiger partial charge is 0.320 e. The fourth-order valence-electron chi connectivity index (χ4n) is 7.65. The van der Waals surface area contributed by atoms with Gasteiger partial charge in [0.1, 0.15) is 35.5 Å². The second kappa shape index (κ2) is 9.84. The van der Waals surface area contributed by atoms with Crippen LogP contribution in [0.4, 0.5) is 21.0 Å². The third kappa shape index (κ3) is 4.17. The number of nitrogen functional groups attached to an aromatic ring is 1. The largest absolute Gasteiger partial charge is 0.481 e. The number of nitriles is 2. The molecule has 1 unspecified atom stereocenters. The highest BCUT2D eigenvalue weighted by molar-refractivity contribution is 8.00. The summed E-state index contributed by atoms with van der Waals surface area (Å²) in [5, 5.41) is 30.7. The van der Waals surface area contributed by atoms with E-state index in [1.165, 1.54) is 11.3 Å². The van der Waals surface area contributed by atoms with Crippen molar-refractivity contribution in [3.8, 4) is 18.1 Å². The number of hydrogen-bond acceptors (Lipinski definition) is 12. The van der Waals surface area contributed by atoms with Crippen LogP contribution in [0.15, 0.2) is 0 Å². The van der Waals surface area contributed by atoms with E-state index in [4.69, 9.17) is 15.5 Å². The number of halogens is 1. The van der Waals surface area contributed by atoms with Crippen LogP contribution in [0.3, 0.4) is 0 Å². The molecule has 0 radical (unpaired) electrons. The van der Waals surface area contributed by atoms with E-state index < -0.39 is 29.1 Å². The monoisotopic (exact) mass is 624 g/mol. The molecule has 4 aliphatic heterocycles. The van der Waals surface area contributed by atoms with Gasteiger partial charge < -0.3 is 25.4 Å². The first kappa shape index (κ1) is 28.4. The van der Waals surface area contributed by atoms with Crippen LogP contribution in [-0.2, 0) is 15.3 Å². The van der Waals surface area contributed by atoms with Gasteiger partial charge in [-0.2, -0.15) is 20.5 Å². The summed E-state index contributed by atoms with van der Waals surface area (Å²) in [4.78, 5) is 28.6. The highest BCUT2D eigenvalue weighted by Crippen LogP contribution is 2.58. The average molecular weight is 625 g/mol. The van der Waals surface area contributed by atoms with E-state index in [0.717, 1.165) is 35.6 Å². The SMILES string of the molecule is CC(N(C)c1nc(OC[C@@]23CCCN2C[C@H](F)C3)nc(N2CC3(C2)SCc2sc(N)c(C#N)c23)c1C#N)C1(C(=O)O)CC1. The van der Waals surface area contributed by atoms with Gasteiger partial charge in [0.2, 0.25) is 0 Å². The molecule has 5 aliphatic rings. The molecule has 2 aromatic heterocycles. The van der Waals surface area contributed by atoms with Gasteiger partial charge in [0.25, 0.3) is 0 Å². The van der Waals surface area contributed by atoms with Crippen molar-refractivity contribution in [1.82, 2.24) is 14.9 Å². The number of thiophene rings is 1. The fraction of sp³-hybridized carbons (Fsp3) is 0.621. The van der Waals surface area contributed by atoms with E-state index >= 15 is 0 Å². The number of aliphatic carboxylic acids is 1. The Morgan fingerprint density at radius 1 is 1.28 bits per heavy atom. The molecular weight excluding hydrogens is 592 g/mol. The third-order valence-corrected chi connectivity index (χ3v) is 13.0. The lowest BCUT2D eigenvalue weighted by Crippen LogP contribution is -2.57. The molecule has 3 N–H and O–H groups in total. The molecule has 43 heavy (non-hydrogen) atoms. The van der Waals surface area contributed by atoms with E-state index in [9.17, 15) is 24.8 Å². The molecule has 2 aromatic rings. The third-order valence-electron chi connectivity index (χ3n) is 10.4.